The Morgan fingerprint density at radius 3 is 2.85 bits per heavy atom. The van der Waals surface area contributed by atoms with Gasteiger partial charge in [0.25, 0.3) is 0 Å². The second-order valence-corrected chi connectivity index (χ2v) is 5.34. The molecule has 3 rings (SSSR count). The maximum absolute atomic E-state index is 13.7. The molecule has 20 heavy (non-hydrogen) atoms. The molecule has 2 aromatic rings. The van der Waals surface area contributed by atoms with Gasteiger partial charge in [-0.2, -0.15) is 0 Å². The second kappa shape index (κ2) is 5.25. The Labute approximate surface area is 123 Å². The van der Waals surface area contributed by atoms with Crippen molar-refractivity contribution in [1.82, 2.24) is 0 Å². The van der Waals surface area contributed by atoms with E-state index in [4.69, 9.17) is 4.74 Å². The van der Waals surface area contributed by atoms with Gasteiger partial charge in [-0.25, -0.2) is 4.39 Å². The number of hydrogen-bond acceptors (Lipinski definition) is 2. The number of benzene rings is 2. The number of hydrogen-bond donors (Lipinski definition) is 1. The number of para-hydroxylation sites is 2. The Kier molecular flexibility index (Phi) is 3.44. The zero-order valence-electron chi connectivity index (χ0n) is 10.4. The van der Waals surface area contributed by atoms with E-state index in [0.717, 1.165) is 5.56 Å². The van der Waals surface area contributed by atoms with Crippen molar-refractivity contribution in [3.05, 3.63) is 58.3 Å². The molecule has 0 fully saturated rings. The quantitative estimate of drug-likeness (QED) is 0.908. The van der Waals surface area contributed by atoms with Gasteiger partial charge >= 0.3 is 0 Å². The van der Waals surface area contributed by atoms with E-state index in [2.05, 4.69) is 21.2 Å². The van der Waals surface area contributed by atoms with E-state index in [1.807, 2.05) is 24.3 Å². The van der Waals surface area contributed by atoms with Crippen LogP contribution >= 0.6 is 15.9 Å². The van der Waals surface area contributed by atoms with Crippen LogP contribution in [0.25, 0.3) is 0 Å². The molecule has 5 heteroatoms. The standard InChI is InChI=1S/C15H11BrFNO2/c16-11-5-3-6-12(17)14(11)18-15(19)10-8-20-13-7-2-1-4-9(10)13/h1-7,10H,8H2,(H,18,19). The number of ether oxygens (including phenoxy) is 1. The highest BCUT2D eigenvalue weighted by Gasteiger charge is 2.30. The van der Waals surface area contributed by atoms with Gasteiger partial charge in [0.2, 0.25) is 5.91 Å². The van der Waals surface area contributed by atoms with Crippen LogP contribution < -0.4 is 10.1 Å². The van der Waals surface area contributed by atoms with E-state index in [1.165, 1.54) is 6.07 Å². The molecule has 3 nitrogen and oxygen atoms in total. The van der Waals surface area contributed by atoms with E-state index in [9.17, 15) is 9.18 Å². The van der Waals surface area contributed by atoms with Crippen LogP contribution in [0, 0.1) is 5.82 Å². The third-order valence-electron chi connectivity index (χ3n) is 3.23. The fraction of sp³-hybridized carbons (Fsp3) is 0.133. The summed E-state index contributed by atoms with van der Waals surface area (Å²) in [6, 6.07) is 11.9. The van der Waals surface area contributed by atoms with Gasteiger partial charge in [0.15, 0.2) is 0 Å². The molecule has 0 saturated heterocycles. The van der Waals surface area contributed by atoms with Crippen LogP contribution in [0.3, 0.4) is 0 Å². The van der Waals surface area contributed by atoms with E-state index >= 15 is 0 Å². The zero-order valence-corrected chi connectivity index (χ0v) is 12.0. The Morgan fingerprint density at radius 2 is 2.05 bits per heavy atom. The predicted molar refractivity (Wildman–Crippen MR) is 77.4 cm³/mol. The Hall–Kier alpha value is -1.88. The molecule has 0 saturated carbocycles. The summed E-state index contributed by atoms with van der Waals surface area (Å²) in [5, 5.41) is 2.62. The van der Waals surface area contributed by atoms with Gasteiger partial charge in [-0.05, 0) is 34.1 Å². The molecular weight excluding hydrogens is 325 g/mol. The number of anilines is 1. The third-order valence-corrected chi connectivity index (χ3v) is 3.89. The number of amides is 1. The highest BCUT2D eigenvalue weighted by atomic mass is 79.9. The van der Waals surface area contributed by atoms with Crippen molar-refractivity contribution in [3.63, 3.8) is 0 Å². The number of rotatable bonds is 2. The lowest BCUT2D eigenvalue weighted by Crippen LogP contribution is -2.23. The van der Waals surface area contributed by atoms with Crippen molar-refractivity contribution in [2.45, 2.75) is 5.92 Å². The van der Waals surface area contributed by atoms with Crippen molar-refractivity contribution >= 4 is 27.5 Å². The molecule has 0 aromatic heterocycles. The van der Waals surface area contributed by atoms with E-state index in [0.29, 0.717) is 10.2 Å². The second-order valence-electron chi connectivity index (χ2n) is 4.49. The average Bonchev–Trinajstić information content (AvgIpc) is 2.87. The van der Waals surface area contributed by atoms with Crippen LogP contribution in [0.4, 0.5) is 10.1 Å². The highest BCUT2D eigenvalue weighted by molar-refractivity contribution is 9.10. The van der Waals surface area contributed by atoms with E-state index in [1.54, 1.807) is 12.1 Å². The van der Waals surface area contributed by atoms with Crippen LogP contribution in [0.15, 0.2) is 46.9 Å². The molecule has 1 N–H and O–H groups in total. The minimum absolute atomic E-state index is 0.155. The molecule has 1 heterocycles. The summed E-state index contributed by atoms with van der Waals surface area (Å²) in [4.78, 5) is 12.3. The van der Waals surface area contributed by atoms with Crippen LogP contribution in [0.2, 0.25) is 0 Å². The maximum atomic E-state index is 13.7. The molecule has 0 radical (unpaired) electrons. The first-order valence-corrected chi connectivity index (χ1v) is 6.92. The van der Waals surface area contributed by atoms with Crippen LogP contribution in [0.1, 0.15) is 11.5 Å². The first-order chi connectivity index (χ1) is 9.66. The summed E-state index contributed by atoms with van der Waals surface area (Å²) in [5.41, 5.74) is 0.986. The van der Waals surface area contributed by atoms with Gasteiger partial charge in [-0.15, -0.1) is 0 Å². The molecule has 1 unspecified atom stereocenters. The van der Waals surface area contributed by atoms with Gasteiger partial charge in [-0.3, -0.25) is 4.79 Å². The molecule has 0 spiro atoms. The van der Waals surface area contributed by atoms with E-state index in [-0.39, 0.29) is 18.2 Å². The lowest BCUT2D eigenvalue weighted by molar-refractivity contribution is -0.117. The molecule has 2 aromatic carbocycles. The van der Waals surface area contributed by atoms with Gasteiger partial charge < -0.3 is 10.1 Å². The molecule has 1 aliphatic heterocycles. The summed E-state index contributed by atoms with van der Waals surface area (Å²) < 4.78 is 19.7. The summed E-state index contributed by atoms with van der Waals surface area (Å²) in [6.45, 7) is 0.275. The van der Waals surface area contributed by atoms with Crippen molar-refractivity contribution in [2.24, 2.45) is 0 Å². The molecule has 1 amide bonds. The first kappa shape index (κ1) is 13.1. The number of fused-ring (bicyclic) bond motifs is 1. The maximum Gasteiger partial charge on any atom is 0.235 e. The largest absolute Gasteiger partial charge is 0.492 e. The van der Waals surface area contributed by atoms with Crippen molar-refractivity contribution < 1.29 is 13.9 Å². The van der Waals surface area contributed by atoms with Crippen LogP contribution in [-0.4, -0.2) is 12.5 Å². The Bertz CT molecular complexity index is 654. The van der Waals surface area contributed by atoms with E-state index < -0.39 is 11.7 Å². The molecular formula is C15H11BrFNO2. The SMILES string of the molecule is O=C(Nc1c(F)cccc1Br)C1COc2ccccc21. The fourth-order valence-corrected chi connectivity index (χ4v) is 2.65. The molecule has 0 aliphatic carbocycles. The predicted octanol–water partition coefficient (Wildman–Crippen LogP) is 3.70. The van der Waals surface area contributed by atoms with Gasteiger partial charge in [0.05, 0.1) is 5.69 Å². The van der Waals surface area contributed by atoms with Gasteiger partial charge in [0.1, 0.15) is 24.1 Å². The van der Waals surface area contributed by atoms with Crippen LogP contribution in [0.5, 0.6) is 5.75 Å². The van der Waals surface area contributed by atoms with Gasteiger partial charge in [0, 0.05) is 10.0 Å². The monoisotopic (exact) mass is 335 g/mol. The van der Waals surface area contributed by atoms with Crippen molar-refractivity contribution in [2.75, 3.05) is 11.9 Å². The van der Waals surface area contributed by atoms with Crippen molar-refractivity contribution in [3.8, 4) is 5.75 Å². The third kappa shape index (κ3) is 2.29. The molecule has 0 bridgehead atoms. The van der Waals surface area contributed by atoms with Crippen molar-refractivity contribution in [1.29, 1.82) is 0 Å². The molecule has 1 atom stereocenters. The fourth-order valence-electron chi connectivity index (χ4n) is 2.21. The highest BCUT2D eigenvalue weighted by Crippen LogP contribution is 2.35. The summed E-state index contributed by atoms with van der Waals surface area (Å²) >= 11 is 3.23. The Balaban J connectivity index is 1.85. The zero-order chi connectivity index (χ0) is 14.1. The average molecular weight is 336 g/mol. The normalized spacial score (nSPS) is 16.4. The topological polar surface area (TPSA) is 38.3 Å². The lowest BCUT2D eigenvalue weighted by atomic mass is 10.0. The summed E-state index contributed by atoms with van der Waals surface area (Å²) in [5.74, 6) is -0.460. The van der Waals surface area contributed by atoms with Crippen LogP contribution in [-0.2, 0) is 4.79 Å². The number of halogens is 2. The molecule has 1 aliphatic rings. The number of carbonyl (C=O) groups is 1. The Morgan fingerprint density at radius 1 is 1.25 bits per heavy atom. The number of carbonyl (C=O) groups excluding carboxylic acids is 1. The molecule has 102 valence electrons. The summed E-state index contributed by atoms with van der Waals surface area (Å²) in [7, 11) is 0. The van der Waals surface area contributed by atoms with Gasteiger partial charge in [-0.1, -0.05) is 24.3 Å². The lowest BCUT2D eigenvalue weighted by Gasteiger charge is -2.12. The summed E-state index contributed by atoms with van der Waals surface area (Å²) in [6.07, 6.45) is 0. The first-order valence-electron chi connectivity index (χ1n) is 6.13. The minimum atomic E-state index is -0.472. The number of nitrogens with one attached hydrogen (secondary N) is 1. The smallest absolute Gasteiger partial charge is 0.235 e. The minimum Gasteiger partial charge on any atom is -0.492 e.